The van der Waals surface area contributed by atoms with E-state index in [1.807, 2.05) is 0 Å². The molecule has 0 bridgehead atoms. The highest BCUT2D eigenvalue weighted by Gasteiger charge is 2.19. The van der Waals surface area contributed by atoms with Crippen LogP contribution in [0.25, 0.3) is 0 Å². The first-order valence-corrected chi connectivity index (χ1v) is 8.51. The van der Waals surface area contributed by atoms with Crippen molar-refractivity contribution in [2.24, 2.45) is 0 Å². The molecule has 1 aromatic carbocycles. The third-order valence-corrected chi connectivity index (χ3v) is 3.85. The molecule has 1 aromatic heterocycles. The number of carbonyl (C=O) groups is 3. The summed E-state index contributed by atoms with van der Waals surface area (Å²) < 4.78 is 5.04. The van der Waals surface area contributed by atoms with Gasteiger partial charge in [0, 0.05) is 23.2 Å². The van der Waals surface area contributed by atoms with E-state index in [0.29, 0.717) is 21.4 Å². The lowest BCUT2D eigenvalue weighted by atomic mass is 10.1. The molecular formula is C18H16Cl2N2O4. The van der Waals surface area contributed by atoms with Gasteiger partial charge in [-0.2, -0.15) is 0 Å². The third-order valence-electron chi connectivity index (χ3n) is 3.38. The van der Waals surface area contributed by atoms with Gasteiger partial charge in [-0.1, -0.05) is 23.2 Å². The number of nitrogens with zero attached hydrogens (tertiary/aromatic N) is 1. The first kappa shape index (κ1) is 19.9. The first-order chi connectivity index (χ1) is 12.3. The van der Waals surface area contributed by atoms with Gasteiger partial charge in [-0.25, -0.2) is 4.98 Å². The molecule has 0 aliphatic carbocycles. The molecule has 2 rings (SSSR count). The van der Waals surface area contributed by atoms with Crippen molar-refractivity contribution in [2.45, 2.75) is 25.9 Å². The number of benzene rings is 1. The van der Waals surface area contributed by atoms with Gasteiger partial charge in [0.1, 0.15) is 5.82 Å². The van der Waals surface area contributed by atoms with E-state index in [1.54, 1.807) is 30.3 Å². The molecular weight excluding hydrogens is 379 g/mol. The number of hydrogen-bond acceptors (Lipinski definition) is 5. The van der Waals surface area contributed by atoms with E-state index >= 15 is 0 Å². The van der Waals surface area contributed by atoms with Crippen LogP contribution in [-0.4, -0.2) is 28.7 Å². The zero-order chi connectivity index (χ0) is 19.1. The fourth-order valence-corrected chi connectivity index (χ4v) is 2.22. The molecule has 136 valence electrons. The molecule has 0 radical (unpaired) electrons. The SMILES string of the molecule is C[C@H](OC(=O)CCC(=O)c1ccc(Cl)cc1)C(=O)Nc1ccc(Cl)cn1. The minimum atomic E-state index is -1.02. The lowest BCUT2D eigenvalue weighted by Crippen LogP contribution is -2.30. The van der Waals surface area contributed by atoms with Gasteiger partial charge < -0.3 is 10.1 Å². The number of nitrogens with one attached hydrogen (secondary N) is 1. The van der Waals surface area contributed by atoms with Gasteiger partial charge in [-0.05, 0) is 43.3 Å². The predicted octanol–water partition coefficient (Wildman–Crippen LogP) is 3.92. The van der Waals surface area contributed by atoms with Crippen molar-refractivity contribution >= 4 is 46.7 Å². The highest BCUT2D eigenvalue weighted by Crippen LogP contribution is 2.13. The van der Waals surface area contributed by atoms with E-state index < -0.39 is 18.0 Å². The molecule has 26 heavy (non-hydrogen) atoms. The highest BCUT2D eigenvalue weighted by molar-refractivity contribution is 6.30. The lowest BCUT2D eigenvalue weighted by Gasteiger charge is -2.13. The van der Waals surface area contributed by atoms with Crippen LogP contribution in [0.4, 0.5) is 5.82 Å². The Hall–Kier alpha value is -2.44. The summed E-state index contributed by atoms with van der Waals surface area (Å²) in [5.41, 5.74) is 0.460. The van der Waals surface area contributed by atoms with Crippen LogP contribution >= 0.6 is 23.2 Å². The van der Waals surface area contributed by atoms with Crippen molar-refractivity contribution in [1.82, 2.24) is 4.98 Å². The van der Waals surface area contributed by atoms with E-state index in [2.05, 4.69) is 10.3 Å². The highest BCUT2D eigenvalue weighted by atomic mass is 35.5. The van der Waals surface area contributed by atoms with Gasteiger partial charge in [0.25, 0.3) is 5.91 Å². The molecule has 0 saturated heterocycles. The molecule has 1 N–H and O–H groups in total. The Bertz CT molecular complexity index is 792. The quantitative estimate of drug-likeness (QED) is 0.567. The van der Waals surface area contributed by atoms with Gasteiger partial charge in [0.15, 0.2) is 11.9 Å². The van der Waals surface area contributed by atoms with Crippen molar-refractivity contribution in [2.75, 3.05) is 5.32 Å². The molecule has 1 heterocycles. The number of anilines is 1. The lowest BCUT2D eigenvalue weighted by molar-refractivity contribution is -0.153. The average molecular weight is 395 g/mol. The standard InChI is InChI=1S/C18H16Cl2N2O4/c1-11(18(25)22-16-8-6-14(20)10-21-16)26-17(24)9-7-15(23)12-2-4-13(19)5-3-12/h2-6,8,10-11H,7,9H2,1H3,(H,21,22,25)/t11-/m0/s1. The Labute approximate surface area is 160 Å². The van der Waals surface area contributed by atoms with Crippen molar-refractivity contribution in [1.29, 1.82) is 0 Å². The number of aromatic nitrogens is 1. The molecule has 0 unspecified atom stereocenters. The number of halogens is 2. The third kappa shape index (κ3) is 6.13. The van der Waals surface area contributed by atoms with Crippen LogP contribution in [0, 0.1) is 0 Å². The monoisotopic (exact) mass is 394 g/mol. The second-order valence-electron chi connectivity index (χ2n) is 5.41. The second kappa shape index (κ2) is 9.31. The number of hydrogen-bond donors (Lipinski definition) is 1. The fourth-order valence-electron chi connectivity index (χ4n) is 1.98. The molecule has 1 amide bonds. The Balaban J connectivity index is 1.79. The maximum Gasteiger partial charge on any atom is 0.307 e. The summed E-state index contributed by atoms with van der Waals surface area (Å²) in [6, 6.07) is 9.48. The van der Waals surface area contributed by atoms with Crippen molar-refractivity contribution in [3.63, 3.8) is 0 Å². The van der Waals surface area contributed by atoms with Crippen LogP contribution in [0.5, 0.6) is 0 Å². The van der Waals surface area contributed by atoms with E-state index in [-0.39, 0.29) is 18.6 Å². The van der Waals surface area contributed by atoms with Gasteiger partial charge in [0.2, 0.25) is 0 Å². The van der Waals surface area contributed by atoms with E-state index in [1.165, 1.54) is 19.2 Å². The Kier molecular flexibility index (Phi) is 7.12. The Morgan fingerprint density at radius 3 is 2.31 bits per heavy atom. The van der Waals surface area contributed by atoms with Crippen molar-refractivity contribution in [3.05, 3.63) is 58.2 Å². The van der Waals surface area contributed by atoms with Gasteiger partial charge >= 0.3 is 5.97 Å². The number of rotatable bonds is 7. The zero-order valence-electron chi connectivity index (χ0n) is 13.9. The molecule has 0 aliphatic rings. The van der Waals surface area contributed by atoms with Gasteiger partial charge in [-0.15, -0.1) is 0 Å². The maximum absolute atomic E-state index is 12.0. The van der Waals surface area contributed by atoms with Crippen LogP contribution in [-0.2, 0) is 14.3 Å². The summed E-state index contributed by atoms with van der Waals surface area (Å²) in [7, 11) is 0. The maximum atomic E-state index is 12.0. The van der Waals surface area contributed by atoms with Gasteiger partial charge in [-0.3, -0.25) is 14.4 Å². The van der Waals surface area contributed by atoms with E-state index in [0.717, 1.165) is 0 Å². The first-order valence-electron chi connectivity index (χ1n) is 7.76. The molecule has 0 fully saturated rings. The normalized spacial score (nSPS) is 11.5. The predicted molar refractivity (Wildman–Crippen MR) is 98.4 cm³/mol. The number of esters is 1. The van der Waals surface area contributed by atoms with Crippen molar-refractivity contribution < 1.29 is 19.1 Å². The fraction of sp³-hybridized carbons (Fsp3) is 0.222. The number of Topliss-reactive ketones (excluding diaryl/α,β-unsaturated/α-hetero) is 1. The van der Waals surface area contributed by atoms with Crippen LogP contribution in [0.3, 0.4) is 0 Å². The minimum Gasteiger partial charge on any atom is -0.453 e. The minimum absolute atomic E-state index is 0.0203. The summed E-state index contributed by atoms with van der Waals surface area (Å²) in [4.78, 5) is 39.7. The number of pyridine rings is 1. The van der Waals surface area contributed by atoms with Crippen LogP contribution < -0.4 is 5.32 Å². The number of carbonyl (C=O) groups excluding carboxylic acids is 3. The van der Waals surface area contributed by atoms with Gasteiger partial charge in [0.05, 0.1) is 11.4 Å². The van der Waals surface area contributed by atoms with Crippen LogP contribution in [0.2, 0.25) is 10.0 Å². The molecule has 6 nitrogen and oxygen atoms in total. The Morgan fingerprint density at radius 1 is 1.04 bits per heavy atom. The van der Waals surface area contributed by atoms with Crippen LogP contribution in [0.15, 0.2) is 42.6 Å². The smallest absolute Gasteiger partial charge is 0.307 e. The summed E-state index contributed by atoms with van der Waals surface area (Å²) in [5.74, 6) is -1.09. The molecule has 0 aliphatic heterocycles. The molecule has 2 aromatic rings. The average Bonchev–Trinajstić information content (AvgIpc) is 2.62. The summed E-state index contributed by atoms with van der Waals surface area (Å²) in [6.45, 7) is 1.43. The van der Waals surface area contributed by atoms with E-state index in [9.17, 15) is 14.4 Å². The second-order valence-corrected chi connectivity index (χ2v) is 6.29. The molecule has 0 saturated carbocycles. The molecule has 0 spiro atoms. The largest absolute Gasteiger partial charge is 0.453 e. The Morgan fingerprint density at radius 2 is 1.69 bits per heavy atom. The molecule has 8 heteroatoms. The number of ketones is 1. The number of ether oxygens (including phenoxy) is 1. The number of amides is 1. The van der Waals surface area contributed by atoms with E-state index in [4.69, 9.17) is 27.9 Å². The topological polar surface area (TPSA) is 85.4 Å². The zero-order valence-corrected chi connectivity index (χ0v) is 15.4. The summed E-state index contributed by atoms with van der Waals surface area (Å²) in [5, 5.41) is 3.47. The summed E-state index contributed by atoms with van der Waals surface area (Å²) in [6.07, 6.45) is 0.216. The van der Waals surface area contributed by atoms with Crippen molar-refractivity contribution in [3.8, 4) is 0 Å². The summed E-state index contributed by atoms with van der Waals surface area (Å²) >= 11 is 11.5. The van der Waals surface area contributed by atoms with Crippen LogP contribution in [0.1, 0.15) is 30.1 Å². The molecule has 1 atom stereocenters.